The summed E-state index contributed by atoms with van der Waals surface area (Å²) >= 11 is 0. The third-order valence-electron chi connectivity index (χ3n) is 3.64. The van der Waals surface area contributed by atoms with Crippen LogP contribution in [0.5, 0.6) is 0 Å². The number of anilines is 1. The molecule has 1 aliphatic rings. The second-order valence-electron chi connectivity index (χ2n) is 5.12. The van der Waals surface area contributed by atoms with Crippen LogP contribution in [0.4, 0.5) is 18.9 Å². The van der Waals surface area contributed by atoms with E-state index in [-0.39, 0.29) is 11.3 Å². The summed E-state index contributed by atoms with van der Waals surface area (Å²) in [6.07, 6.45) is -4.18. The molecule has 0 unspecified atom stereocenters. The third-order valence-corrected chi connectivity index (χ3v) is 3.64. The first-order chi connectivity index (χ1) is 10.7. The lowest BCUT2D eigenvalue weighted by molar-refractivity contribution is -0.137. The topological polar surface area (TPSA) is 79.5 Å². The number of furan rings is 1. The zero-order chi connectivity index (χ0) is 16.8. The Balaban J connectivity index is 2.03. The summed E-state index contributed by atoms with van der Waals surface area (Å²) < 4.78 is 43.9. The highest BCUT2D eigenvalue weighted by atomic mass is 19.4. The zero-order valence-corrected chi connectivity index (χ0v) is 11.5. The molecule has 3 rings (SSSR count). The maximum absolute atomic E-state index is 13.0. The van der Waals surface area contributed by atoms with E-state index < -0.39 is 41.1 Å². The molecule has 1 atom stereocenters. The van der Waals surface area contributed by atoms with E-state index in [2.05, 4.69) is 0 Å². The molecule has 0 bridgehead atoms. The summed E-state index contributed by atoms with van der Waals surface area (Å²) in [5.41, 5.74) is -4.26. The molecule has 0 saturated carbocycles. The van der Waals surface area contributed by atoms with E-state index in [1.807, 2.05) is 5.32 Å². The third kappa shape index (κ3) is 2.40. The number of para-hydroxylation sites is 1. The number of aliphatic hydroxyl groups is 1. The van der Waals surface area contributed by atoms with Gasteiger partial charge in [0.05, 0.1) is 23.9 Å². The van der Waals surface area contributed by atoms with Gasteiger partial charge in [0.2, 0.25) is 5.78 Å². The molecule has 2 aromatic rings. The molecule has 1 aliphatic heterocycles. The molecule has 0 aliphatic carbocycles. The maximum Gasteiger partial charge on any atom is 0.418 e. The van der Waals surface area contributed by atoms with Crippen molar-refractivity contribution < 1.29 is 32.3 Å². The molecule has 0 fully saturated rings. The molecule has 0 saturated heterocycles. The molecule has 1 amide bonds. The Bertz CT molecular complexity index is 783. The van der Waals surface area contributed by atoms with Gasteiger partial charge in [0.15, 0.2) is 11.4 Å². The van der Waals surface area contributed by atoms with Crippen LogP contribution in [0.2, 0.25) is 0 Å². The number of alkyl halides is 3. The summed E-state index contributed by atoms with van der Waals surface area (Å²) in [7, 11) is 0. The number of benzene rings is 1. The van der Waals surface area contributed by atoms with Crippen LogP contribution in [0.1, 0.15) is 28.1 Å². The van der Waals surface area contributed by atoms with Crippen molar-refractivity contribution in [2.75, 3.05) is 5.32 Å². The highest BCUT2D eigenvalue weighted by Crippen LogP contribution is 2.45. The first-order valence-electron chi connectivity index (χ1n) is 6.55. The number of nitrogens with one attached hydrogen (secondary N) is 1. The van der Waals surface area contributed by atoms with Gasteiger partial charge in [-0.05, 0) is 18.2 Å². The summed E-state index contributed by atoms with van der Waals surface area (Å²) in [6.45, 7) is 0. The van der Waals surface area contributed by atoms with E-state index >= 15 is 0 Å². The number of halogens is 3. The monoisotopic (exact) mass is 325 g/mol. The number of ketones is 1. The second-order valence-corrected chi connectivity index (χ2v) is 5.12. The van der Waals surface area contributed by atoms with E-state index in [1.165, 1.54) is 24.5 Å². The highest BCUT2D eigenvalue weighted by molar-refractivity contribution is 6.09. The van der Waals surface area contributed by atoms with Crippen molar-refractivity contribution in [3.63, 3.8) is 0 Å². The Morgan fingerprint density at radius 2 is 2.00 bits per heavy atom. The number of hydrogen-bond acceptors (Lipinski definition) is 4. The Morgan fingerprint density at radius 1 is 1.26 bits per heavy atom. The average molecular weight is 325 g/mol. The lowest BCUT2D eigenvalue weighted by Crippen LogP contribution is -2.36. The fourth-order valence-corrected chi connectivity index (χ4v) is 2.54. The van der Waals surface area contributed by atoms with E-state index in [4.69, 9.17) is 4.42 Å². The van der Waals surface area contributed by atoms with Crippen molar-refractivity contribution in [1.82, 2.24) is 0 Å². The molecular weight excluding hydrogens is 315 g/mol. The fourth-order valence-electron chi connectivity index (χ4n) is 2.54. The number of amides is 1. The SMILES string of the molecule is O=C(C[C@]1(O)C(=O)Nc2c(C(F)(F)F)cccc21)c1ccco1. The number of carbonyl (C=O) groups excluding carboxylic acids is 2. The summed E-state index contributed by atoms with van der Waals surface area (Å²) in [5.74, 6) is -1.87. The van der Waals surface area contributed by atoms with Crippen molar-refractivity contribution in [1.29, 1.82) is 0 Å². The van der Waals surface area contributed by atoms with Gasteiger partial charge in [0.25, 0.3) is 5.91 Å². The molecule has 5 nitrogen and oxygen atoms in total. The average Bonchev–Trinajstić information content (AvgIpc) is 3.06. The number of carbonyl (C=O) groups is 2. The molecule has 0 spiro atoms. The Kier molecular flexibility index (Phi) is 3.29. The number of fused-ring (bicyclic) bond motifs is 1. The van der Waals surface area contributed by atoms with Gasteiger partial charge in [-0.25, -0.2) is 0 Å². The Morgan fingerprint density at radius 3 is 2.61 bits per heavy atom. The number of hydrogen-bond donors (Lipinski definition) is 2. The van der Waals surface area contributed by atoms with Gasteiger partial charge in [-0.15, -0.1) is 0 Å². The van der Waals surface area contributed by atoms with Crippen LogP contribution in [0.25, 0.3) is 0 Å². The van der Waals surface area contributed by atoms with Gasteiger partial charge in [-0.2, -0.15) is 13.2 Å². The zero-order valence-electron chi connectivity index (χ0n) is 11.5. The van der Waals surface area contributed by atoms with Gasteiger partial charge in [-0.1, -0.05) is 12.1 Å². The number of rotatable bonds is 3. The van der Waals surface area contributed by atoms with Crippen molar-refractivity contribution >= 4 is 17.4 Å². The Hall–Kier alpha value is -2.61. The molecular formula is C15H10F3NO4. The number of Topliss-reactive ketones (excluding diaryl/α,β-unsaturated/α-hetero) is 1. The summed E-state index contributed by atoms with van der Waals surface area (Å²) in [4.78, 5) is 24.1. The lowest BCUT2D eigenvalue weighted by Gasteiger charge is -2.19. The van der Waals surface area contributed by atoms with E-state index in [0.29, 0.717) is 0 Å². The molecule has 1 aromatic heterocycles. The first-order valence-corrected chi connectivity index (χ1v) is 6.55. The second kappa shape index (κ2) is 4.95. The van der Waals surface area contributed by atoms with E-state index in [9.17, 15) is 27.9 Å². The van der Waals surface area contributed by atoms with Crippen LogP contribution in [0.3, 0.4) is 0 Å². The van der Waals surface area contributed by atoms with Crippen molar-refractivity contribution in [2.45, 2.75) is 18.2 Å². The molecule has 8 heteroatoms. The van der Waals surface area contributed by atoms with Crippen LogP contribution < -0.4 is 5.32 Å². The maximum atomic E-state index is 13.0. The van der Waals surface area contributed by atoms with Gasteiger partial charge in [0.1, 0.15) is 0 Å². The van der Waals surface area contributed by atoms with Gasteiger partial charge >= 0.3 is 6.18 Å². The van der Waals surface area contributed by atoms with Gasteiger partial charge in [0, 0.05) is 5.56 Å². The van der Waals surface area contributed by atoms with Crippen LogP contribution in [-0.4, -0.2) is 16.8 Å². The minimum atomic E-state index is -4.70. The van der Waals surface area contributed by atoms with E-state index in [1.54, 1.807) is 0 Å². The standard InChI is InChI=1S/C15H10F3NO4/c16-15(17,18)9-4-1-3-8-12(9)19-13(21)14(8,22)7-10(20)11-5-2-6-23-11/h1-6,22H,7H2,(H,19,21)/t14-/m1/s1. The first kappa shape index (κ1) is 15.3. The van der Waals surface area contributed by atoms with Crippen LogP contribution in [0.15, 0.2) is 41.0 Å². The van der Waals surface area contributed by atoms with Crippen molar-refractivity contribution in [2.24, 2.45) is 0 Å². The van der Waals surface area contributed by atoms with Crippen LogP contribution >= 0.6 is 0 Å². The van der Waals surface area contributed by atoms with Gasteiger partial charge < -0.3 is 14.8 Å². The predicted octanol–water partition coefficient (Wildman–Crippen LogP) is 2.71. The largest absolute Gasteiger partial charge is 0.461 e. The lowest BCUT2D eigenvalue weighted by atomic mass is 9.88. The summed E-state index contributed by atoms with van der Waals surface area (Å²) in [6, 6.07) is 5.83. The highest BCUT2D eigenvalue weighted by Gasteiger charge is 2.50. The molecule has 23 heavy (non-hydrogen) atoms. The van der Waals surface area contributed by atoms with Crippen molar-refractivity contribution in [3.05, 3.63) is 53.5 Å². The Labute approximate surface area is 127 Å². The molecule has 120 valence electrons. The fraction of sp³-hybridized carbons (Fsp3) is 0.200. The molecule has 0 radical (unpaired) electrons. The molecule has 2 heterocycles. The minimum Gasteiger partial charge on any atom is -0.461 e. The summed E-state index contributed by atoms with van der Waals surface area (Å²) in [5, 5.41) is 12.6. The minimum absolute atomic E-state index is 0.0911. The van der Waals surface area contributed by atoms with Crippen LogP contribution in [0, 0.1) is 0 Å². The molecule has 2 N–H and O–H groups in total. The smallest absolute Gasteiger partial charge is 0.418 e. The predicted molar refractivity (Wildman–Crippen MR) is 71.6 cm³/mol. The van der Waals surface area contributed by atoms with Crippen LogP contribution in [-0.2, 0) is 16.6 Å². The van der Waals surface area contributed by atoms with Crippen molar-refractivity contribution in [3.8, 4) is 0 Å². The quantitative estimate of drug-likeness (QED) is 0.851. The van der Waals surface area contributed by atoms with Gasteiger partial charge in [-0.3, -0.25) is 9.59 Å². The van der Waals surface area contributed by atoms with E-state index in [0.717, 1.165) is 12.1 Å². The normalized spacial score (nSPS) is 20.3. The molecule has 1 aromatic carbocycles.